The van der Waals surface area contributed by atoms with Gasteiger partial charge in [0.25, 0.3) is 11.5 Å². The van der Waals surface area contributed by atoms with Crippen molar-refractivity contribution in [2.24, 2.45) is 0 Å². The second-order valence-corrected chi connectivity index (χ2v) is 6.79. The molecule has 4 rings (SSSR count). The van der Waals surface area contributed by atoms with Crippen molar-refractivity contribution >= 4 is 22.4 Å². The lowest BCUT2D eigenvalue weighted by Crippen LogP contribution is -2.23. The molecule has 0 unspecified atom stereocenters. The molecule has 28 heavy (non-hydrogen) atoms. The van der Waals surface area contributed by atoms with Crippen molar-refractivity contribution in [2.75, 3.05) is 5.32 Å². The fourth-order valence-electron chi connectivity index (χ4n) is 3.29. The van der Waals surface area contributed by atoms with Gasteiger partial charge >= 0.3 is 0 Å². The Bertz CT molecular complexity index is 1220. The fourth-order valence-corrected chi connectivity index (χ4v) is 3.29. The van der Waals surface area contributed by atoms with E-state index in [2.05, 4.69) is 5.32 Å². The van der Waals surface area contributed by atoms with Gasteiger partial charge in [-0.2, -0.15) is 0 Å². The summed E-state index contributed by atoms with van der Waals surface area (Å²) in [6.45, 7) is 2.44. The zero-order valence-corrected chi connectivity index (χ0v) is 15.6. The molecule has 0 saturated heterocycles. The average molecular weight is 368 g/mol. The largest absolute Gasteiger partial charge is 0.321 e. The number of pyridine rings is 1. The first kappa shape index (κ1) is 17.7. The third-order valence-corrected chi connectivity index (χ3v) is 4.89. The van der Waals surface area contributed by atoms with E-state index in [1.54, 1.807) is 16.8 Å². The van der Waals surface area contributed by atoms with E-state index >= 15 is 0 Å². The predicted molar refractivity (Wildman–Crippen MR) is 113 cm³/mol. The number of rotatable bonds is 4. The van der Waals surface area contributed by atoms with Gasteiger partial charge in [0.2, 0.25) is 0 Å². The van der Waals surface area contributed by atoms with Gasteiger partial charge in [-0.05, 0) is 35.6 Å². The summed E-state index contributed by atoms with van der Waals surface area (Å²) in [5.41, 5.74) is 3.22. The lowest BCUT2D eigenvalue weighted by molar-refractivity contribution is 0.102. The van der Waals surface area contributed by atoms with Gasteiger partial charge in [-0.3, -0.25) is 9.59 Å². The molecule has 0 bridgehead atoms. The van der Waals surface area contributed by atoms with Gasteiger partial charge < -0.3 is 9.88 Å². The molecule has 4 aromatic rings. The Balaban J connectivity index is 1.63. The highest BCUT2D eigenvalue weighted by molar-refractivity contribution is 6.08. The third-order valence-electron chi connectivity index (χ3n) is 4.89. The van der Waals surface area contributed by atoms with Gasteiger partial charge in [-0.15, -0.1) is 0 Å². The van der Waals surface area contributed by atoms with Crippen molar-refractivity contribution in [3.63, 3.8) is 0 Å². The smallest absolute Gasteiger partial charge is 0.257 e. The molecule has 4 heteroatoms. The van der Waals surface area contributed by atoms with Crippen LogP contribution in [0, 0.1) is 6.92 Å². The van der Waals surface area contributed by atoms with Crippen molar-refractivity contribution in [1.29, 1.82) is 0 Å². The van der Waals surface area contributed by atoms with Crippen molar-refractivity contribution in [1.82, 2.24) is 4.57 Å². The van der Waals surface area contributed by atoms with Gasteiger partial charge in [0.1, 0.15) is 0 Å². The number of nitrogens with zero attached hydrogens (tertiary/aromatic N) is 1. The number of benzene rings is 3. The summed E-state index contributed by atoms with van der Waals surface area (Å²) in [6, 6.07) is 24.6. The maximum atomic E-state index is 12.8. The van der Waals surface area contributed by atoms with E-state index in [-0.39, 0.29) is 11.5 Å². The van der Waals surface area contributed by atoms with E-state index in [1.165, 1.54) is 6.07 Å². The molecule has 1 amide bonds. The molecule has 0 atom stereocenters. The highest BCUT2D eigenvalue weighted by Crippen LogP contribution is 2.23. The van der Waals surface area contributed by atoms with Gasteiger partial charge in [0.05, 0.1) is 12.1 Å². The zero-order valence-electron chi connectivity index (χ0n) is 15.6. The van der Waals surface area contributed by atoms with Crippen LogP contribution < -0.4 is 10.9 Å². The molecular formula is C24H20N2O2. The number of fused-ring (bicyclic) bond motifs is 1. The van der Waals surface area contributed by atoms with Crippen LogP contribution in [0.1, 0.15) is 21.5 Å². The molecule has 1 N–H and O–H groups in total. The zero-order chi connectivity index (χ0) is 19.5. The summed E-state index contributed by atoms with van der Waals surface area (Å²) in [6.07, 6.45) is 1.62. The molecule has 0 fully saturated rings. The van der Waals surface area contributed by atoms with Crippen LogP contribution >= 0.6 is 0 Å². The lowest BCUT2D eigenvalue weighted by Gasteiger charge is -2.12. The minimum Gasteiger partial charge on any atom is -0.321 e. The predicted octanol–water partition coefficient (Wildman–Crippen LogP) is 4.61. The number of aryl methyl sites for hydroxylation is 1. The normalized spacial score (nSPS) is 10.8. The maximum absolute atomic E-state index is 12.8. The molecule has 0 aliphatic rings. The Kier molecular flexibility index (Phi) is 4.77. The van der Waals surface area contributed by atoms with E-state index in [9.17, 15) is 9.59 Å². The maximum Gasteiger partial charge on any atom is 0.257 e. The van der Waals surface area contributed by atoms with Crippen molar-refractivity contribution in [3.05, 3.63) is 112 Å². The van der Waals surface area contributed by atoms with E-state index < -0.39 is 0 Å². The molecule has 0 aliphatic carbocycles. The van der Waals surface area contributed by atoms with E-state index in [0.717, 1.165) is 27.6 Å². The van der Waals surface area contributed by atoms with Crippen LogP contribution in [-0.4, -0.2) is 10.5 Å². The second kappa shape index (κ2) is 7.53. The molecule has 0 saturated carbocycles. The molecular weight excluding hydrogens is 348 g/mol. The van der Waals surface area contributed by atoms with Crippen LogP contribution in [-0.2, 0) is 6.54 Å². The van der Waals surface area contributed by atoms with Crippen LogP contribution in [0.3, 0.4) is 0 Å². The van der Waals surface area contributed by atoms with Crippen LogP contribution in [0.4, 0.5) is 5.69 Å². The Morgan fingerprint density at radius 2 is 1.64 bits per heavy atom. The molecule has 1 aromatic heterocycles. The monoisotopic (exact) mass is 368 g/mol. The van der Waals surface area contributed by atoms with E-state index in [0.29, 0.717) is 12.1 Å². The van der Waals surface area contributed by atoms with Crippen molar-refractivity contribution in [2.45, 2.75) is 13.5 Å². The summed E-state index contributed by atoms with van der Waals surface area (Å²) in [5, 5.41) is 5.01. The van der Waals surface area contributed by atoms with Crippen LogP contribution in [0.15, 0.2) is 89.9 Å². The number of hydrogen-bond acceptors (Lipinski definition) is 2. The third kappa shape index (κ3) is 3.58. The van der Waals surface area contributed by atoms with Gasteiger partial charge in [0.15, 0.2) is 0 Å². The van der Waals surface area contributed by atoms with Crippen molar-refractivity contribution < 1.29 is 4.79 Å². The first-order valence-corrected chi connectivity index (χ1v) is 9.16. The molecule has 0 aliphatic heterocycles. The fraction of sp³-hybridized carbons (Fsp3) is 0.0833. The number of nitrogens with one attached hydrogen (secondary N) is 1. The quantitative estimate of drug-likeness (QED) is 0.572. The first-order chi connectivity index (χ1) is 13.6. The second-order valence-electron chi connectivity index (χ2n) is 6.79. The standard InChI is InChI=1S/C24H20N2O2/c1-17-7-2-3-9-19(17)15-26-16-20(13-14-23(26)27)24(28)25-22-12-6-10-18-8-4-5-11-21(18)22/h2-14,16H,15H2,1H3,(H,25,28). The molecule has 0 radical (unpaired) electrons. The Morgan fingerprint density at radius 3 is 2.50 bits per heavy atom. The summed E-state index contributed by atoms with van der Waals surface area (Å²) >= 11 is 0. The number of hydrogen-bond donors (Lipinski definition) is 1. The van der Waals surface area contributed by atoms with Crippen LogP contribution in [0.2, 0.25) is 0 Å². The molecule has 0 spiro atoms. The summed E-state index contributed by atoms with van der Waals surface area (Å²) in [5.74, 6) is -0.241. The number of carbonyl (C=O) groups excluding carboxylic acids is 1. The van der Waals surface area contributed by atoms with Crippen LogP contribution in [0.5, 0.6) is 0 Å². The molecule has 3 aromatic carbocycles. The topological polar surface area (TPSA) is 51.1 Å². The van der Waals surface area contributed by atoms with Gasteiger partial charge in [-0.25, -0.2) is 0 Å². The highest BCUT2D eigenvalue weighted by atomic mass is 16.2. The van der Waals surface area contributed by atoms with E-state index in [1.807, 2.05) is 73.7 Å². The van der Waals surface area contributed by atoms with Gasteiger partial charge in [-0.1, -0.05) is 60.7 Å². The average Bonchev–Trinajstić information content (AvgIpc) is 2.71. The SMILES string of the molecule is Cc1ccccc1Cn1cc(C(=O)Nc2cccc3ccccc23)ccc1=O. The summed E-state index contributed by atoms with van der Waals surface area (Å²) in [4.78, 5) is 25.1. The Hall–Kier alpha value is -3.66. The highest BCUT2D eigenvalue weighted by Gasteiger charge is 2.10. The van der Waals surface area contributed by atoms with Crippen LogP contribution in [0.25, 0.3) is 10.8 Å². The Labute approximate surface area is 163 Å². The number of anilines is 1. The Morgan fingerprint density at radius 1 is 0.893 bits per heavy atom. The lowest BCUT2D eigenvalue weighted by atomic mass is 10.1. The number of carbonyl (C=O) groups is 1. The number of amides is 1. The molecule has 1 heterocycles. The molecule has 138 valence electrons. The summed E-state index contributed by atoms with van der Waals surface area (Å²) < 4.78 is 1.57. The summed E-state index contributed by atoms with van der Waals surface area (Å²) in [7, 11) is 0. The minimum absolute atomic E-state index is 0.134. The first-order valence-electron chi connectivity index (χ1n) is 9.16. The molecule has 4 nitrogen and oxygen atoms in total. The number of aromatic nitrogens is 1. The van der Waals surface area contributed by atoms with Crippen molar-refractivity contribution in [3.8, 4) is 0 Å². The van der Waals surface area contributed by atoms with E-state index in [4.69, 9.17) is 0 Å². The van der Waals surface area contributed by atoms with Gasteiger partial charge in [0, 0.05) is 23.3 Å². The minimum atomic E-state index is -0.241.